The SMILES string of the molecule is Cc1cn2c(n1)CC[C@H](NC(=O)Cc1ccccc1C)C2. The van der Waals surface area contributed by atoms with Crippen molar-refractivity contribution in [3.63, 3.8) is 0 Å². The highest BCUT2D eigenvalue weighted by molar-refractivity contribution is 5.79. The molecule has 21 heavy (non-hydrogen) atoms. The lowest BCUT2D eigenvalue weighted by Crippen LogP contribution is -2.41. The molecule has 110 valence electrons. The van der Waals surface area contributed by atoms with Gasteiger partial charge in [0, 0.05) is 25.2 Å². The van der Waals surface area contributed by atoms with Crippen LogP contribution < -0.4 is 5.32 Å². The second-order valence-electron chi connectivity index (χ2n) is 5.86. The molecule has 4 nitrogen and oxygen atoms in total. The summed E-state index contributed by atoms with van der Waals surface area (Å²) >= 11 is 0. The van der Waals surface area contributed by atoms with Crippen LogP contribution in [0.4, 0.5) is 0 Å². The minimum absolute atomic E-state index is 0.106. The highest BCUT2D eigenvalue weighted by atomic mass is 16.1. The van der Waals surface area contributed by atoms with Crippen LogP contribution in [0.5, 0.6) is 0 Å². The summed E-state index contributed by atoms with van der Waals surface area (Å²) in [5.41, 5.74) is 3.32. The summed E-state index contributed by atoms with van der Waals surface area (Å²) in [6, 6.07) is 8.26. The summed E-state index contributed by atoms with van der Waals surface area (Å²) in [5.74, 6) is 1.24. The second-order valence-corrected chi connectivity index (χ2v) is 5.86. The van der Waals surface area contributed by atoms with Crippen molar-refractivity contribution in [3.05, 3.63) is 53.1 Å². The average Bonchev–Trinajstić information content (AvgIpc) is 2.80. The van der Waals surface area contributed by atoms with E-state index in [0.717, 1.165) is 36.5 Å². The number of imidazole rings is 1. The van der Waals surface area contributed by atoms with E-state index in [1.807, 2.05) is 38.1 Å². The van der Waals surface area contributed by atoms with Crippen LogP contribution >= 0.6 is 0 Å². The molecule has 2 heterocycles. The molecule has 0 unspecified atom stereocenters. The number of hydrogen-bond acceptors (Lipinski definition) is 2. The quantitative estimate of drug-likeness (QED) is 0.938. The van der Waals surface area contributed by atoms with E-state index >= 15 is 0 Å². The third-order valence-electron chi connectivity index (χ3n) is 4.09. The maximum atomic E-state index is 12.2. The molecule has 4 heteroatoms. The first kappa shape index (κ1) is 13.9. The molecule has 2 aromatic rings. The van der Waals surface area contributed by atoms with Gasteiger partial charge in [-0.3, -0.25) is 4.79 Å². The van der Waals surface area contributed by atoms with Gasteiger partial charge in [0.15, 0.2) is 0 Å². The third-order valence-corrected chi connectivity index (χ3v) is 4.09. The van der Waals surface area contributed by atoms with E-state index in [-0.39, 0.29) is 11.9 Å². The molecule has 1 N–H and O–H groups in total. The predicted octanol–water partition coefficient (Wildman–Crippen LogP) is 2.17. The van der Waals surface area contributed by atoms with Crippen LogP contribution in [0.3, 0.4) is 0 Å². The second kappa shape index (κ2) is 5.72. The molecule has 0 fully saturated rings. The Balaban J connectivity index is 1.60. The Kier molecular flexibility index (Phi) is 3.78. The Labute approximate surface area is 125 Å². The van der Waals surface area contributed by atoms with Crippen molar-refractivity contribution < 1.29 is 4.79 Å². The van der Waals surface area contributed by atoms with Crippen LogP contribution in [0.15, 0.2) is 30.5 Å². The predicted molar refractivity (Wildman–Crippen MR) is 82.1 cm³/mol. The van der Waals surface area contributed by atoms with Crippen molar-refractivity contribution in [3.8, 4) is 0 Å². The zero-order chi connectivity index (χ0) is 14.8. The molecule has 0 bridgehead atoms. The minimum atomic E-state index is 0.106. The Hall–Kier alpha value is -2.10. The van der Waals surface area contributed by atoms with Crippen molar-refractivity contribution in [1.82, 2.24) is 14.9 Å². The van der Waals surface area contributed by atoms with Gasteiger partial charge in [-0.15, -0.1) is 0 Å². The smallest absolute Gasteiger partial charge is 0.224 e. The first-order chi connectivity index (χ1) is 10.1. The number of aromatic nitrogens is 2. The van der Waals surface area contributed by atoms with Crippen molar-refractivity contribution >= 4 is 5.91 Å². The van der Waals surface area contributed by atoms with E-state index in [9.17, 15) is 4.79 Å². The van der Waals surface area contributed by atoms with Gasteiger partial charge in [-0.2, -0.15) is 0 Å². The fourth-order valence-corrected chi connectivity index (χ4v) is 2.96. The van der Waals surface area contributed by atoms with Gasteiger partial charge in [0.1, 0.15) is 5.82 Å². The fourth-order valence-electron chi connectivity index (χ4n) is 2.96. The number of fused-ring (bicyclic) bond motifs is 1. The largest absolute Gasteiger partial charge is 0.351 e. The first-order valence-electron chi connectivity index (χ1n) is 7.48. The van der Waals surface area contributed by atoms with Crippen LogP contribution in [-0.2, 0) is 24.2 Å². The Morgan fingerprint density at radius 2 is 2.19 bits per heavy atom. The molecule has 1 aromatic carbocycles. The summed E-state index contributed by atoms with van der Waals surface area (Å²) in [6.45, 7) is 4.89. The maximum absolute atomic E-state index is 12.2. The van der Waals surface area contributed by atoms with Gasteiger partial charge in [0.05, 0.1) is 12.1 Å². The lowest BCUT2D eigenvalue weighted by atomic mass is 10.0. The number of nitrogens with zero attached hydrogens (tertiary/aromatic N) is 2. The molecule has 1 aliphatic rings. The molecule has 0 aliphatic carbocycles. The molecule has 1 atom stereocenters. The van der Waals surface area contributed by atoms with Crippen molar-refractivity contribution in [1.29, 1.82) is 0 Å². The molecular weight excluding hydrogens is 262 g/mol. The summed E-state index contributed by atoms with van der Waals surface area (Å²) in [6.07, 6.45) is 4.42. The summed E-state index contributed by atoms with van der Waals surface area (Å²) < 4.78 is 2.16. The van der Waals surface area contributed by atoms with E-state index in [1.165, 1.54) is 5.56 Å². The highest BCUT2D eigenvalue weighted by Crippen LogP contribution is 2.15. The molecule has 0 saturated carbocycles. The van der Waals surface area contributed by atoms with E-state index in [2.05, 4.69) is 21.1 Å². The number of amides is 1. The Morgan fingerprint density at radius 3 is 3.00 bits per heavy atom. The van der Waals surface area contributed by atoms with E-state index in [0.29, 0.717) is 6.42 Å². The molecule has 0 radical (unpaired) electrons. The number of benzene rings is 1. The van der Waals surface area contributed by atoms with Crippen LogP contribution in [0.25, 0.3) is 0 Å². The van der Waals surface area contributed by atoms with Crippen LogP contribution in [-0.4, -0.2) is 21.5 Å². The monoisotopic (exact) mass is 283 g/mol. The number of nitrogens with one attached hydrogen (secondary N) is 1. The first-order valence-corrected chi connectivity index (χ1v) is 7.48. The van der Waals surface area contributed by atoms with E-state index < -0.39 is 0 Å². The number of rotatable bonds is 3. The lowest BCUT2D eigenvalue weighted by Gasteiger charge is -2.24. The van der Waals surface area contributed by atoms with Crippen molar-refractivity contribution in [2.45, 2.75) is 45.7 Å². The van der Waals surface area contributed by atoms with Gasteiger partial charge in [-0.1, -0.05) is 24.3 Å². The van der Waals surface area contributed by atoms with Gasteiger partial charge in [0.25, 0.3) is 0 Å². The fraction of sp³-hybridized carbons (Fsp3) is 0.412. The Bertz CT molecular complexity index is 660. The van der Waals surface area contributed by atoms with Crippen LogP contribution in [0.1, 0.15) is 29.1 Å². The number of aryl methyl sites for hydroxylation is 3. The van der Waals surface area contributed by atoms with Gasteiger partial charge < -0.3 is 9.88 Å². The van der Waals surface area contributed by atoms with Crippen molar-refractivity contribution in [2.75, 3.05) is 0 Å². The van der Waals surface area contributed by atoms with Gasteiger partial charge in [-0.05, 0) is 31.4 Å². The molecule has 1 aliphatic heterocycles. The zero-order valence-electron chi connectivity index (χ0n) is 12.6. The summed E-state index contributed by atoms with van der Waals surface area (Å²) in [5, 5.41) is 3.16. The minimum Gasteiger partial charge on any atom is -0.351 e. The molecular formula is C17H21N3O. The van der Waals surface area contributed by atoms with E-state index in [1.54, 1.807) is 0 Å². The summed E-state index contributed by atoms with van der Waals surface area (Å²) in [7, 11) is 0. The van der Waals surface area contributed by atoms with Crippen LogP contribution in [0.2, 0.25) is 0 Å². The maximum Gasteiger partial charge on any atom is 0.224 e. The van der Waals surface area contributed by atoms with Gasteiger partial charge in [0.2, 0.25) is 5.91 Å². The summed E-state index contributed by atoms with van der Waals surface area (Å²) in [4.78, 5) is 16.7. The van der Waals surface area contributed by atoms with Gasteiger partial charge >= 0.3 is 0 Å². The molecule has 3 rings (SSSR count). The molecule has 0 spiro atoms. The topological polar surface area (TPSA) is 46.9 Å². The standard InChI is InChI=1S/C17H21N3O/c1-12-5-3-4-6-14(12)9-17(21)19-15-7-8-16-18-13(2)10-20(16)11-15/h3-6,10,15H,7-9,11H2,1-2H3,(H,19,21)/t15-/m0/s1. The van der Waals surface area contributed by atoms with Crippen LogP contribution in [0, 0.1) is 13.8 Å². The highest BCUT2D eigenvalue weighted by Gasteiger charge is 2.21. The lowest BCUT2D eigenvalue weighted by molar-refractivity contribution is -0.121. The Morgan fingerprint density at radius 1 is 1.38 bits per heavy atom. The number of hydrogen-bond donors (Lipinski definition) is 1. The zero-order valence-corrected chi connectivity index (χ0v) is 12.6. The normalized spacial score (nSPS) is 17.3. The average molecular weight is 283 g/mol. The third kappa shape index (κ3) is 3.15. The number of carbonyl (C=O) groups excluding carboxylic acids is 1. The van der Waals surface area contributed by atoms with Crippen molar-refractivity contribution in [2.24, 2.45) is 0 Å². The molecule has 1 aromatic heterocycles. The molecule has 1 amide bonds. The van der Waals surface area contributed by atoms with Gasteiger partial charge in [-0.25, -0.2) is 4.98 Å². The molecule has 0 saturated heterocycles. The number of carbonyl (C=O) groups is 1. The van der Waals surface area contributed by atoms with E-state index in [4.69, 9.17) is 0 Å².